The molecule has 0 aliphatic rings. The van der Waals surface area contributed by atoms with Crippen molar-refractivity contribution in [2.75, 3.05) is 0 Å². The Balaban J connectivity index is 5.61. The molecule has 0 fully saturated rings. The summed E-state index contributed by atoms with van der Waals surface area (Å²) in [5.41, 5.74) is 0.791. The van der Waals surface area contributed by atoms with Gasteiger partial charge in [0.1, 0.15) is 0 Å². The Hall–Kier alpha value is 0.137. The highest BCUT2D eigenvalue weighted by atomic mass is 28.4. The zero-order valence-electron chi connectivity index (χ0n) is 16.4. The first-order chi connectivity index (χ1) is 9.37. The van der Waals surface area contributed by atoms with Crippen molar-refractivity contribution in [3.05, 3.63) is 0 Å². The maximum Gasteiger partial charge on any atom is 0.344 e. The Kier molecular flexibility index (Phi) is 8.17. The fourth-order valence-corrected chi connectivity index (χ4v) is 7.32. The normalized spacial score (nSPS) is 16.6. The van der Waals surface area contributed by atoms with Crippen molar-refractivity contribution < 1.29 is 8.85 Å². The lowest BCUT2D eigenvalue weighted by atomic mass is 9.85. The summed E-state index contributed by atoms with van der Waals surface area (Å²) in [5, 5.41) is 0. The highest BCUT2D eigenvalue weighted by Gasteiger charge is 2.50. The largest absolute Gasteiger partial charge is 0.391 e. The highest BCUT2D eigenvalue weighted by molar-refractivity contribution is 6.70. The Morgan fingerprint density at radius 2 is 1.24 bits per heavy atom. The van der Waals surface area contributed by atoms with Crippen LogP contribution in [0.2, 0.25) is 11.1 Å². The molecule has 0 aliphatic heterocycles. The van der Waals surface area contributed by atoms with E-state index in [2.05, 4.69) is 76.2 Å². The summed E-state index contributed by atoms with van der Waals surface area (Å²) in [6.07, 6.45) is 1.30. The average Bonchev–Trinajstić information content (AvgIpc) is 2.25. The van der Waals surface area contributed by atoms with Crippen LogP contribution in [0.25, 0.3) is 0 Å². The lowest BCUT2D eigenvalue weighted by molar-refractivity contribution is -0.0305. The zero-order valence-corrected chi connectivity index (χ0v) is 17.4. The van der Waals surface area contributed by atoms with Gasteiger partial charge in [-0.2, -0.15) is 0 Å². The van der Waals surface area contributed by atoms with Crippen molar-refractivity contribution in [3.63, 3.8) is 0 Å². The molecule has 21 heavy (non-hydrogen) atoms. The second-order valence-electron chi connectivity index (χ2n) is 8.36. The van der Waals surface area contributed by atoms with Crippen LogP contribution in [0.15, 0.2) is 0 Å². The summed E-state index contributed by atoms with van der Waals surface area (Å²) in [7, 11) is -2.28. The van der Waals surface area contributed by atoms with Crippen molar-refractivity contribution in [3.8, 4) is 0 Å². The summed E-state index contributed by atoms with van der Waals surface area (Å²) < 4.78 is 13.5. The van der Waals surface area contributed by atoms with Crippen LogP contribution < -0.4 is 0 Å². The Labute approximate surface area is 135 Å². The molecule has 0 rings (SSSR count). The summed E-state index contributed by atoms with van der Waals surface area (Å²) in [6, 6.07) is 0. The van der Waals surface area contributed by atoms with Gasteiger partial charge in [-0.3, -0.25) is 0 Å². The van der Waals surface area contributed by atoms with Gasteiger partial charge >= 0.3 is 8.56 Å². The average molecular weight is 317 g/mol. The van der Waals surface area contributed by atoms with Crippen LogP contribution in [0.3, 0.4) is 0 Å². The zero-order chi connectivity index (χ0) is 17.0. The van der Waals surface area contributed by atoms with Crippen molar-refractivity contribution in [2.45, 2.75) is 105 Å². The minimum atomic E-state index is -2.28. The van der Waals surface area contributed by atoms with Crippen LogP contribution in [0.1, 0.15) is 82.6 Å². The minimum Gasteiger partial charge on any atom is -0.391 e. The molecular weight excluding hydrogens is 276 g/mol. The van der Waals surface area contributed by atoms with Crippen LogP contribution in [0.4, 0.5) is 0 Å². The molecule has 0 N–H and O–H groups in total. The number of hydrogen-bond donors (Lipinski definition) is 0. The van der Waals surface area contributed by atoms with Gasteiger partial charge in [-0.1, -0.05) is 55.4 Å². The van der Waals surface area contributed by atoms with Gasteiger partial charge in [-0.05, 0) is 50.1 Å². The quantitative estimate of drug-likeness (QED) is 0.475. The van der Waals surface area contributed by atoms with E-state index in [0.29, 0.717) is 22.9 Å². The van der Waals surface area contributed by atoms with E-state index in [9.17, 15) is 0 Å². The standard InChI is InChI=1S/C18H40O2Si/c1-13(2)12-18(11,14(3)4)20-21(16(7)8,17(9)10)19-15(5)6/h13-17H,12H2,1-11H3. The van der Waals surface area contributed by atoms with Gasteiger partial charge in [0.2, 0.25) is 0 Å². The van der Waals surface area contributed by atoms with E-state index in [1.807, 2.05) is 0 Å². The predicted molar refractivity (Wildman–Crippen MR) is 96.0 cm³/mol. The molecule has 1 atom stereocenters. The van der Waals surface area contributed by atoms with Crippen LogP contribution >= 0.6 is 0 Å². The van der Waals surface area contributed by atoms with Crippen LogP contribution in [-0.4, -0.2) is 20.3 Å². The third-order valence-electron chi connectivity index (χ3n) is 4.46. The number of rotatable bonds is 9. The molecule has 0 saturated heterocycles. The fourth-order valence-electron chi connectivity index (χ4n) is 3.14. The molecule has 0 aromatic rings. The molecule has 0 amide bonds. The molecule has 0 aromatic heterocycles. The molecular formula is C18H40O2Si. The van der Waals surface area contributed by atoms with E-state index in [1.54, 1.807) is 0 Å². The monoisotopic (exact) mass is 316 g/mol. The van der Waals surface area contributed by atoms with Gasteiger partial charge in [0.25, 0.3) is 0 Å². The molecule has 0 heterocycles. The van der Waals surface area contributed by atoms with Crippen molar-refractivity contribution in [1.29, 1.82) is 0 Å². The van der Waals surface area contributed by atoms with Crippen molar-refractivity contribution in [1.82, 2.24) is 0 Å². The maximum absolute atomic E-state index is 6.95. The van der Waals surface area contributed by atoms with Gasteiger partial charge in [0.15, 0.2) is 0 Å². The van der Waals surface area contributed by atoms with E-state index in [-0.39, 0.29) is 11.7 Å². The summed E-state index contributed by atoms with van der Waals surface area (Å²) in [5.74, 6) is 1.11. The number of hydrogen-bond acceptors (Lipinski definition) is 2. The van der Waals surface area contributed by atoms with Crippen LogP contribution in [0.5, 0.6) is 0 Å². The van der Waals surface area contributed by atoms with Gasteiger partial charge in [-0.15, -0.1) is 0 Å². The topological polar surface area (TPSA) is 18.5 Å². The van der Waals surface area contributed by atoms with E-state index in [4.69, 9.17) is 8.85 Å². The molecule has 0 radical (unpaired) electrons. The first kappa shape index (κ1) is 21.1. The smallest absolute Gasteiger partial charge is 0.344 e. The molecule has 0 aromatic carbocycles. The van der Waals surface area contributed by atoms with Gasteiger partial charge in [-0.25, -0.2) is 0 Å². The second kappa shape index (κ2) is 8.12. The van der Waals surface area contributed by atoms with Crippen molar-refractivity contribution >= 4 is 8.56 Å². The predicted octanol–water partition coefficient (Wildman–Crippen LogP) is 6.15. The molecule has 0 saturated carbocycles. The molecule has 0 spiro atoms. The summed E-state index contributed by atoms with van der Waals surface area (Å²) in [6.45, 7) is 24.7. The molecule has 0 bridgehead atoms. The molecule has 0 aliphatic carbocycles. The van der Waals surface area contributed by atoms with Crippen molar-refractivity contribution in [2.24, 2.45) is 11.8 Å². The van der Waals surface area contributed by atoms with E-state index < -0.39 is 8.56 Å². The minimum absolute atomic E-state index is 0.107. The Morgan fingerprint density at radius 1 is 0.810 bits per heavy atom. The summed E-state index contributed by atoms with van der Waals surface area (Å²) >= 11 is 0. The first-order valence-corrected chi connectivity index (χ1v) is 10.7. The van der Waals surface area contributed by atoms with E-state index in [0.717, 1.165) is 6.42 Å². The van der Waals surface area contributed by atoms with E-state index >= 15 is 0 Å². The fraction of sp³-hybridized carbons (Fsp3) is 1.00. The Morgan fingerprint density at radius 3 is 1.48 bits per heavy atom. The second-order valence-corrected chi connectivity index (χ2v) is 12.6. The van der Waals surface area contributed by atoms with Gasteiger partial charge < -0.3 is 8.85 Å². The third kappa shape index (κ3) is 5.68. The van der Waals surface area contributed by atoms with Gasteiger partial charge in [0, 0.05) is 6.10 Å². The Bertz CT molecular complexity index is 290. The SMILES string of the molecule is CC(C)CC(C)(O[Si](OC(C)C)(C(C)C)C(C)C)C(C)C. The lowest BCUT2D eigenvalue weighted by Crippen LogP contribution is -2.56. The van der Waals surface area contributed by atoms with Crippen LogP contribution in [-0.2, 0) is 8.85 Å². The molecule has 3 heteroatoms. The third-order valence-corrected chi connectivity index (χ3v) is 9.30. The van der Waals surface area contributed by atoms with Gasteiger partial charge in [0.05, 0.1) is 5.60 Å². The molecule has 128 valence electrons. The highest BCUT2D eigenvalue weighted by Crippen LogP contribution is 2.42. The van der Waals surface area contributed by atoms with Crippen LogP contribution in [0, 0.1) is 11.8 Å². The maximum atomic E-state index is 6.95. The first-order valence-electron chi connectivity index (χ1n) is 8.75. The summed E-state index contributed by atoms with van der Waals surface area (Å²) in [4.78, 5) is 0. The lowest BCUT2D eigenvalue weighted by Gasteiger charge is -2.48. The molecule has 2 nitrogen and oxygen atoms in total. The molecule has 1 unspecified atom stereocenters. The van der Waals surface area contributed by atoms with E-state index in [1.165, 1.54) is 0 Å².